The van der Waals surface area contributed by atoms with E-state index in [-0.39, 0.29) is 5.91 Å². The lowest BCUT2D eigenvalue weighted by molar-refractivity contribution is -0.118. The Morgan fingerprint density at radius 3 is 2.94 bits per heavy atom. The molecule has 1 amide bonds. The maximum Gasteiger partial charge on any atom is 0.217 e. The van der Waals surface area contributed by atoms with Crippen LogP contribution in [-0.2, 0) is 11.3 Å². The van der Waals surface area contributed by atoms with Gasteiger partial charge in [-0.25, -0.2) is 0 Å². The molecule has 0 aliphatic heterocycles. The van der Waals surface area contributed by atoms with Crippen LogP contribution < -0.4 is 11.1 Å². The molecule has 0 unspecified atom stereocenters. The van der Waals surface area contributed by atoms with Crippen LogP contribution in [-0.4, -0.2) is 17.4 Å². The van der Waals surface area contributed by atoms with Crippen LogP contribution in [0.5, 0.6) is 0 Å². The lowest BCUT2D eigenvalue weighted by Gasteiger charge is -2.04. The van der Waals surface area contributed by atoms with E-state index in [0.29, 0.717) is 6.42 Å². The van der Waals surface area contributed by atoms with E-state index in [1.54, 1.807) is 0 Å². The highest BCUT2D eigenvalue weighted by Gasteiger charge is 1.96. The molecule has 1 heterocycles. The second kappa shape index (κ2) is 6.95. The Balaban J connectivity index is 2.09. The van der Waals surface area contributed by atoms with Gasteiger partial charge in [0.15, 0.2) is 0 Å². The molecule has 1 aromatic rings. The highest BCUT2D eigenvalue weighted by Crippen LogP contribution is 1.98. The Morgan fingerprint density at radius 1 is 1.44 bits per heavy atom. The summed E-state index contributed by atoms with van der Waals surface area (Å²) in [5.41, 5.74) is 7.13. The van der Waals surface area contributed by atoms with Crippen molar-refractivity contribution in [3.05, 3.63) is 29.6 Å². The molecule has 0 fully saturated rings. The van der Waals surface area contributed by atoms with Crippen LogP contribution in [0.1, 0.15) is 30.7 Å². The zero-order chi connectivity index (χ0) is 11.8. The molecule has 4 heteroatoms. The number of nitrogens with one attached hydrogen (secondary N) is 1. The van der Waals surface area contributed by atoms with E-state index < -0.39 is 0 Å². The molecule has 3 N–H and O–H groups in total. The fourth-order valence-corrected chi connectivity index (χ4v) is 1.46. The lowest BCUT2D eigenvalue weighted by atomic mass is 10.2. The van der Waals surface area contributed by atoms with Gasteiger partial charge in [-0.3, -0.25) is 9.78 Å². The number of nitrogens with zero attached hydrogens (tertiary/aromatic N) is 1. The first-order chi connectivity index (χ1) is 7.68. The summed E-state index contributed by atoms with van der Waals surface area (Å²) in [6.07, 6.45) is 2.29. The predicted octanol–water partition coefficient (Wildman–Crippen LogP) is 1.14. The normalized spacial score (nSPS) is 10.3. The molecule has 88 valence electrons. The maximum atomic E-state index is 10.5. The molecule has 0 bridgehead atoms. The summed E-state index contributed by atoms with van der Waals surface area (Å²) in [5.74, 6) is -0.222. The van der Waals surface area contributed by atoms with Gasteiger partial charge < -0.3 is 11.1 Å². The van der Waals surface area contributed by atoms with Crippen molar-refractivity contribution in [1.82, 2.24) is 10.3 Å². The number of primary amides is 1. The summed E-state index contributed by atoms with van der Waals surface area (Å²) in [7, 11) is 0. The van der Waals surface area contributed by atoms with Crippen LogP contribution in [0.25, 0.3) is 0 Å². The minimum Gasteiger partial charge on any atom is -0.370 e. The first kappa shape index (κ1) is 12.6. The standard InChI is InChI=1S/C12H19N3O/c1-10-5-4-6-11(15-10)9-14-8-3-2-7-12(13)16/h4-6,14H,2-3,7-9H2,1H3,(H2,13,16). The van der Waals surface area contributed by atoms with Gasteiger partial charge in [-0.05, 0) is 38.4 Å². The van der Waals surface area contributed by atoms with Crippen molar-refractivity contribution in [1.29, 1.82) is 0 Å². The number of rotatable bonds is 7. The molecular formula is C12H19N3O. The number of aryl methyl sites for hydroxylation is 1. The third-order valence-corrected chi connectivity index (χ3v) is 2.28. The number of hydrogen-bond acceptors (Lipinski definition) is 3. The van der Waals surface area contributed by atoms with Gasteiger partial charge in [-0.2, -0.15) is 0 Å². The van der Waals surface area contributed by atoms with Gasteiger partial charge in [0.1, 0.15) is 0 Å². The Morgan fingerprint density at radius 2 is 2.25 bits per heavy atom. The largest absolute Gasteiger partial charge is 0.370 e. The third-order valence-electron chi connectivity index (χ3n) is 2.28. The summed E-state index contributed by atoms with van der Waals surface area (Å²) >= 11 is 0. The number of amides is 1. The van der Waals surface area contributed by atoms with Crippen LogP contribution in [0.4, 0.5) is 0 Å². The average Bonchev–Trinajstić information content (AvgIpc) is 2.23. The summed E-state index contributed by atoms with van der Waals surface area (Å²) in [4.78, 5) is 14.9. The van der Waals surface area contributed by atoms with Gasteiger partial charge in [0, 0.05) is 18.7 Å². The van der Waals surface area contributed by atoms with E-state index in [4.69, 9.17) is 5.73 Å². The van der Waals surface area contributed by atoms with Gasteiger partial charge in [0.25, 0.3) is 0 Å². The van der Waals surface area contributed by atoms with E-state index >= 15 is 0 Å². The smallest absolute Gasteiger partial charge is 0.217 e. The van der Waals surface area contributed by atoms with Crippen LogP contribution in [0, 0.1) is 6.92 Å². The van der Waals surface area contributed by atoms with Gasteiger partial charge in [0.05, 0.1) is 5.69 Å². The summed E-state index contributed by atoms with van der Waals surface area (Å²) < 4.78 is 0. The third kappa shape index (κ3) is 5.46. The second-order valence-corrected chi connectivity index (χ2v) is 3.87. The number of carbonyl (C=O) groups excluding carboxylic acids is 1. The summed E-state index contributed by atoms with van der Waals surface area (Å²) in [6.45, 7) is 3.65. The molecule has 0 atom stereocenters. The zero-order valence-corrected chi connectivity index (χ0v) is 9.70. The fourth-order valence-electron chi connectivity index (χ4n) is 1.46. The van der Waals surface area contributed by atoms with E-state index in [2.05, 4.69) is 10.3 Å². The van der Waals surface area contributed by atoms with Crippen LogP contribution >= 0.6 is 0 Å². The number of nitrogens with two attached hydrogens (primary N) is 1. The molecule has 4 nitrogen and oxygen atoms in total. The van der Waals surface area contributed by atoms with Crippen LogP contribution in [0.3, 0.4) is 0 Å². The van der Waals surface area contributed by atoms with Gasteiger partial charge in [-0.15, -0.1) is 0 Å². The van der Waals surface area contributed by atoms with Crippen LogP contribution in [0.2, 0.25) is 0 Å². The number of aromatic nitrogens is 1. The second-order valence-electron chi connectivity index (χ2n) is 3.87. The minimum absolute atomic E-state index is 0.222. The highest BCUT2D eigenvalue weighted by atomic mass is 16.1. The van der Waals surface area contributed by atoms with Crippen molar-refractivity contribution in [3.63, 3.8) is 0 Å². The van der Waals surface area contributed by atoms with Crippen LogP contribution in [0.15, 0.2) is 18.2 Å². The summed E-state index contributed by atoms with van der Waals surface area (Å²) in [5, 5.41) is 3.29. The van der Waals surface area contributed by atoms with Crippen molar-refractivity contribution in [2.75, 3.05) is 6.54 Å². The maximum absolute atomic E-state index is 10.5. The number of unbranched alkanes of at least 4 members (excludes halogenated alkanes) is 1. The van der Waals surface area contributed by atoms with Gasteiger partial charge in [0.2, 0.25) is 5.91 Å². The van der Waals surface area contributed by atoms with Crippen molar-refractivity contribution in [2.45, 2.75) is 32.7 Å². The monoisotopic (exact) mass is 221 g/mol. The molecule has 0 aliphatic rings. The average molecular weight is 221 g/mol. The quantitative estimate of drug-likeness (QED) is 0.678. The predicted molar refractivity (Wildman–Crippen MR) is 63.7 cm³/mol. The highest BCUT2D eigenvalue weighted by molar-refractivity contribution is 5.73. The zero-order valence-electron chi connectivity index (χ0n) is 9.70. The molecule has 0 saturated carbocycles. The van der Waals surface area contributed by atoms with Crippen molar-refractivity contribution < 1.29 is 4.79 Å². The first-order valence-electron chi connectivity index (χ1n) is 5.60. The van der Waals surface area contributed by atoms with E-state index in [1.165, 1.54) is 0 Å². The van der Waals surface area contributed by atoms with Crippen molar-refractivity contribution in [3.8, 4) is 0 Å². The lowest BCUT2D eigenvalue weighted by Crippen LogP contribution is -2.17. The molecule has 0 radical (unpaired) electrons. The van der Waals surface area contributed by atoms with E-state index in [9.17, 15) is 4.79 Å². The molecular weight excluding hydrogens is 202 g/mol. The minimum atomic E-state index is -0.222. The van der Waals surface area contributed by atoms with E-state index in [1.807, 2.05) is 25.1 Å². The Kier molecular flexibility index (Phi) is 5.50. The Hall–Kier alpha value is -1.42. The van der Waals surface area contributed by atoms with Crippen molar-refractivity contribution >= 4 is 5.91 Å². The SMILES string of the molecule is Cc1cccc(CNCCCCC(N)=O)n1. The molecule has 0 aliphatic carbocycles. The molecule has 0 saturated heterocycles. The molecule has 0 spiro atoms. The molecule has 0 aromatic carbocycles. The molecule has 1 rings (SSSR count). The van der Waals surface area contributed by atoms with Crippen molar-refractivity contribution in [2.24, 2.45) is 5.73 Å². The number of carbonyl (C=O) groups is 1. The van der Waals surface area contributed by atoms with E-state index in [0.717, 1.165) is 37.3 Å². The number of hydrogen-bond donors (Lipinski definition) is 2. The molecule has 16 heavy (non-hydrogen) atoms. The first-order valence-corrected chi connectivity index (χ1v) is 5.60. The van der Waals surface area contributed by atoms with Gasteiger partial charge >= 0.3 is 0 Å². The topological polar surface area (TPSA) is 68.0 Å². The summed E-state index contributed by atoms with van der Waals surface area (Å²) in [6, 6.07) is 5.99. The molecule has 1 aromatic heterocycles. The Labute approximate surface area is 96.3 Å². The van der Waals surface area contributed by atoms with Gasteiger partial charge in [-0.1, -0.05) is 6.07 Å². The number of pyridine rings is 1. The Bertz CT molecular complexity index is 339. The fraction of sp³-hybridized carbons (Fsp3) is 0.500.